The van der Waals surface area contributed by atoms with Crippen LogP contribution in [0.3, 0.4) is 0 Å². The molecule has 0 spiro atoms. The molecule has 0 unspecified atom stereocenters. The van der Waals surface area contributed by atoms with Crippen molar-refractivity contribution in [1.29, 1.82) is 0 Å². The molecule has 4 aromatic rings. The Morgan fingerprint density at radius 3 is 2.16 bits per heavy atom. The predicted molar refractivity (Wildman–Crippen MR) is 124 cm³/mol. The highest BCUT2D eigenvalue weighted by atomic mass is 32.2. The molecule has 0 saturated heterocycles. The highest BCUT2D eigenvalue weighted by Crippen LogP contribution is 2.38. The molecule has 0 aliphatic carbocycles. The first-order chi connectivity index (χ1) is 15.4. The van der Waals surface area contributed by atoms with E-state index in [0.717, 1.165) is 16.5 Å². The average Bonchev–Trinajstić information content (AvgIpc) is 3.20. The van der Waals surface area contributed by atoms with Gasteiger partial charge in [-0.1, -0.05) is 18.2 Å². The molecule has 8 heteroatoms. The predicted octanol–water partition coefficient (Wildman–Crippen LogP) is 4.52. The third-order valence-corrected chi connectivity index (χ3v) is 6.55. The number of anilines is 1. The fourth-order valence-electron chi connectivity index (χ4n) is 3.64. The summed E-state index contributed by atoms with van der Waals surface area (Å²) in [6, 6.07) is 19.6. The number of methoxy groups -OCH3 is 3. The molecular formula is C24H24N2O5S. The standard InChI is InChI=1S/C24H24N2O5S/c1-29-22-13-17(14-23(30-2)24(22)31-3)16-26-12-11-18-15-19(9-10-21(18)26)25-32(27,28)20-7-5-4-6-8-20/h4-15,25H,16H2,1-3H3. The number of rotatable bonds is 8. The van der Waals surface area contributed by atoms with Crippen LogP contribution in [-0.2, 0) is 16.6 Å². The Hall–Kier alpha value is -3.65. The fraction of sp³-hybridized carbons (Fsp3) is 0.167. The lowest BCUT2D eigenvalue weighted by Gasteiger charge is -2.15. The summed E-state index contributed by atoms with van der Waals surface area (Å²) >= 11 is 0. The lowest BCUT2D eigenvalue weighted by atomic mass is 10.1. The molecule has 0 bridgehead atoms. The van der Waals surface area contributed by atoms with E-state index in [4.69, 9.17) is 14.2 Å². The minimum absolute atomic E-state index is 0.222. The van der Waals surface area contributed by atoms with Gasteiger partial charge in [0.05, 0.1) is 26.2 Å². The zero-order valence-corrected chi connectivity index (χ0v) is 18.8. The van der Waals surface area contributed by atoms with E-state index in [1.165, 1.54) is 0 Å². The zero-order chi connectivity index (χ0) is 22.7. The minimum Gasteiger partial charge on any atom is -0.493 e. The topological polar surface area (TPSA) is 78.8 Å². The lowest BCUT2D eigenvalue weighted by molar-refractivity contribution is 0.323. The number of fused-ring (bicyclic) bond motifs is 1. The van der Waals surface area contributed by atoms with E-state index < -0.39 is 10.0 Å². The molecule has 1 heterocycles. The highest BCUT2D eigenvalue weighted by Gasteiger charge is 2.16. The Balaban J connectivity index is 1.62. The number of nitrogens with one attached hydrogen (secondary N) is 1. The van der Waals surface area contributed by atoms with Gasteiger partial charge in [-0.3, -0.25) is 4.72 Å². The molecule has 0 radical (unpaired) electrons. The van der Waals surface area contributed by atoms with Crippen LogP contribution in [0.15, 0.2) is 77.8 Å². The summed E-state index contributed by atoms with van der Waals surface area (Å²) in [5.74, 6) is 1.73. The van der Waals surface area contributed by atoms with Gasteiger partial charge in [0, 0.05) is 29.3 Å². The van der Waals surface area contributed by atoms with Gasteiger partial charge < -0.3 is 18.8 Å². The molecule has 0 amide bonds. The van der Waals surface area contributed by atoms with Crippen LogP contribution in [0.5, 0.6) is 17.2 Å². The molecule has 4 rings (SSSR count). The maximum atomic E-state index is 12.6. The first kappa shape index (κ1) is 21.6. The van der Waals surface area contributed by atoms with Crippen LogP contribution >= 0.6 is 0 Å². The Morgan fingerprint density at radius 1 is 0.844 bits per heavy atom. The van der Waals surface area contributed by atoms with Crippen molar-refractivity contribution in [2.45, 2.75) is 11.4 Å². The van der Waals surface area contributed by atoms with Crippen molar-refractivity contribution in [2.24, 2.45) is 0 Å². The molecule has 7 nitrogen and oxygen atoms in total. The molecule has 0 aliphatic rings. The van der Waals surface area contributed by atoms with Gasteiger partial charge in [0.1, 0.15) is 0 Å². The van der Waals surface area contributed by atoms with E-state index in [1.807, 2.05) is 36.5 Å². The second-order valence-corrected chi connectivity index (χ2v) is 8.85. The van der Waals surface area contributed by atoms with Crippen molar-refractivity contribution in [3.8, 4) is 17.2 Å². The van der Waals surface area contributed by atoms with Gasteiger partial charge in [-0.25, -0.2) is 8.42 Å². The van der Waals surface area contributed by atoms with Crippen molar-refractivity contribution in [2.75, 3.05) is 26.1 Å². The van der Waals surface area contributed by atoms with Gasteiger partial charge in [0.2, 0.25) is 5.75 Å². The van der Waals surface area contributed by atoms with E-state index >= 15 is 0 Å². The van der Waals surface area contributed by atoms with Crippen LogP contribution in [0.2, 0.25) is 0 Å². The van der Waals surface area contributed by atoms with Crippen molar-refractivity contribution in [3.05, 3.63) is 78.5 Å². The van der Waals surface area contributed by atoms with E-state index in [2.05, 4.69) is 9.29 Å². The summed E-state index contributed by atoms with van der Waals surface area (Å²) in [5.41, 5.74) is 2.46. The number of hydrogen-bond acceptors (Lipinski definition) is 5. The summed E-state index contributed by atoms with van der Waals surface area (Å²) in [6.07, 6.45) is 1.96. The van der Waals surface area contributed by atoms with E-state index in [-0.39, 0.29) is 4.90 Å². The molecule has 166 valence electrons. The minimum atomic E-state index is -3.64. The molecule has 0 saturated carbocycles. The lowest BCUT2D eigenvalue weighted by Crippen LogP contribution is -2.12. The van der Waals surface area contributed by atoms with Crippen LogP contribution in [0, 0.1) is 0 Å². The zero-order valence-electron chi connectivity index (χ0n) is 18.0. The first-order valence-corrected chi connectivity index (χ1v) is 11.4. The Morgan fingerprint density at radius 2 is 1.53 bits per heavy atom. The number of hydrogen-bond donors (Lipinski definition) is 1. The number of ether oxygens (including phenoxy) is 3. The van der Waals surface area contributed by atoms with Crippen LogP contribution < -0.4 is 18.9 Å². The molecule has 1 N–H and O–H groups in total. The smallest absolute Gasteiger partial charge is 0.261 e. The highest BCUT2D eigenvalue weighted by molar-refractivity contribution is 7.92. The number of benzene rings is 3. The molecule has 0 aliphatic heterocycles. The van der Waals surface area contributed by atoms with Crippen molar-refractivity contribution in [3.63, 3.8) is 0 Å². The molecular weight excluding hydrogens is 428 g/mol. The van der Waals surface area contributed by atoms with Crippen molar-refractivity contribution < 1.29 is 22.6 Å². The molecule has 0 atom stereocenters. The number of nitrogens with zero attached hydrogens (tertiary/aromatic N) is 1. The largest absolute Gasteiger partial charge is 0.493 e. The van der Waals surface area contributed by atoms with Crippen molar-refractivity contribution in [1.82, 2.24) is 4.57 Å². The van der Waals surface area contributed by atoms with Gasteiger partial charge in [0.15, 0.2) is 11.5 Å². The fourth-order valence-corrected chi connectivity index (χ4v) is 4.71. The summed E-state index contributed by atoms with van der Waals surface area (Å²) in [5, 5.41) is 0.922. The van der Waals surface area contributed by atoms with Crippen LogP contribution in [0.4, 0.5) is 5.69 Å². The van der Waals surface area contributed by atoms with E-state index in [0.29, 0.717) is 29.5 Å². The Kier molecular flexibility index (Phi) is 5.96. The van der Waals surface area contributed by atoms with Crippen molar-refractivity contribution >= 4 is 26.6 Å². The second-order valence-electron chi connectivity index (χ2n) is 7.17. The third kappa shape index (κ3) is 4.22. The quantitative estimate of drug-likeness (QED) is 0.425. The summed E-state index contributed by atoms with van der Waals surface area (Å²) in [7, 11) is 1.11. The summed E-state index contributed by atoms with van der Waals surface area (Å²) in [4.78, 5) is 0.222. The second kappa shape index (κ2) is 8.84. The summed E-state index contributed by atoms with van der Waals surface area (Å²) < 4.78 is 46.2. The monoisotopic (exact) mass is 452 g/mol. The van der Waals surface area contributed by atoms with E-state index in [9.17, 15) is 8.42 Å². The van der Waals surface area contributed by atoms with Gasteiger partial charge in [0.25, 0.3) is 10.0 Å². The van der Waals surface area contributed by atoms with E-state index in [1.54, 1.807) is 57.7 Å². The maximum absolute atomic E-state index is 12.6. The van der Waals surface area contributed by atoms with Crippen LogP contribution in [0.1, 0.15) is 5.56 Å². The molecule has 0 fully saturated rings. The van der Waals surface area contributed by atoms with Crippen LogP contribution in [-0.4, -0.2) is 34.3 Å². The number of sulfonamides is 1. The third-order valence-electron chi connectivity index (χ3n) is 5.15. The normalized spacial score (nSPS) is 11.3. The number of aromatic nitrogens is 1. The van der Waals surface area contributed by atoms with Crippen LogP contribution in [0.25, 0.3) is 10.9 Å². The molecule has 1 aromatic heterocycles. The van der Waals surface area contributed by atoms with Gasteiger partial charge in [-0.2, -0.15) is 0 Å². The average molecular weight is 453 g/mol. The van der Waals surface area contributed by atoms with Gasteiger partial charge in [-0.05, 0) is 54.1 Å². The molecule has 3 aromatic carbocycles. The maximum Gasteiger partial charge on any atom is 0.261 e. The summed E-state index contributed by atoms with van der Waals surface area (Å²) in [6.45, 7) is 0.579. The Labute approximate surface area is 187 Å². The first-order valence-electron chi connectivity index (χ1n) is 9.91. The molecule has 32 heavy (non-hydrogen) atoms. The SMILES string of the molecule is COc1cc(Cn2ccc3cc(NS(=O)(=O)c4ccccc4)ccc32)cc(OC)c1OC. The van der Waals surface area contributed by atoms with Gasteiger partial charge in [-0.15, -0.1) is 0 Å². The Bertz CT molecular complexity index is 1320. The van der Waals surface area contributed by atoms with Gasteiger partial charge >= 0.3 is 0 Å².